The normalized spacial score (nSPS) is 9.82. The standard InChI is InChI=1S/C7H6.2ClH.H3P.Ru/c1-7-5-3-2-4-6-7;;;;/h1-6H;2*1H;1H3;/q;;;;+2/p-2. The summed E-state index contributed by atoms with van der Waals surface area (Å²) in [6.45, 7) is 0. The van der Waals surface area contributed by atoms with Gasteiger partial charge in [0.05, 0.1) is 0 Å². The first-order valence-corrected chi connectivity index (χ1v) is 8.15. The van der Waals surface area contributed by atoms with Crippen molar-refractivity contribution in [3.8, 4) is 0 Å². The first-order chi connectivity index (χ1) is 4.79. The molecule has 0 saturated carbocycles. The third-order valence-corrected chi connectivity index (χ3v) is 2.87. The molecule has 0 aromatic heterocycles. The molecule has 0 nitrogen and oxygen atoms in total. The fourth-order valence-electron chi connectivity index (χ4n) is 0.610. The van der Waals surface area contributed by atoms with Crippen LogP contribution in [0.25, 0.3) is 0 Å². The van der Waals surface area contributed by atoms with E-state index in [1.807, 2.05) is 34.9 Å². The number of hydrogen-bond acceptors (Lipinski definition) is 0. The summed E-state index contributed by atoms with van der Waals surface area (Å²) >= 11 is -1.61. The summed E-state index contributed by atoms with van der Waals surface area (Å²) in [6.07, 6.45) is 0. The van der Waals surface area contributed by atoms with E-state index < -0.39 is 13.5 Å². The third kappa shape index (κ3) is 5.04. The van der Waals surface area contributed by atoms with Crippen LogP contribution in [-0.4, -0.2) is 4.61 Å². The van der Waals surface area contributed by atoms with Gasteiger partial charge in [-0.2, -0.15) is 9.90 Å². The molecule has 0 aliphatic heterocycles. The molecule has 1 aromatic rings. The van der Waals surface area contributed by atoms with Crippen molar-refractivity contribution in [3.63, 3.8) is 0 Å². The summed E-state index contributed by atoms with van der Waals surface area (Å²) in [6, 6.07) is 9.89. The summed E-state index contributed by atoms with van der Waals surface area (Å²) in [5.41, 5.74) is 1.12. The zero-order chi connectivity index (χ0) is 7.40. The molecule has 0 saturated heterocycles. The van der Waals surface area contributed by atoms with Crippen molar-refractivity contribution in [3.05, 3.63) is 35.9 Å². The van der Waals surface area contributed by atoms with Gasteiger partial charge in [0.2, 0.25) is 0 Å². The number of hydrogen-bond donors (Lipinski definition) is 0. The Morgan fingerprint density at radius 2 is 1.64 bits per heavy atom. The molecule has 0 N–H and O–H groups in total. The monoisotopic (exact) mass is 296 g/mol. The van der Waals surface area contributed by atoms with Gasteiger partial charge in [-0.3, -0.25) is 0 Å². The molecule has 0 spiro atoms. The van der Waals surface area contributed by atoms with Gasteiger partial charge in [-0.1, -0.05) is 0 Å². The van der Waals surface area contributed by atoms with E-state index in [0.29, 0.717) is 0 Å². The van der Waals surface area contributed by atoms with Crippen molar-refractivity contribution in [1.29, 1.82) is 0 Å². The van der Waals surface area contributed by atoms with Crippen LogP contribution in [0, 0.1) is 0 Å². The van der Waals surface area contributed by atoms with E-state index in [-0.39, 0.29) is 9.90 Å². The second-order valence-electron chi connectivity index (χ2n) is 1.72. The number of benzene rings is 1. The summed E-state index contributed by atoms with van der Waals surface area (Å²) in [4.78, 5) is 0. The van der Waals surface area contributed by atoms with Gasteiger partial charge in [0.25, 0.3) is 0 Å². The first kappa shape index (κ1) is 11.7. The Labute approximate surface area is 83.0 Å². The maximum atomic E-state index is 5.67. The minimum atomic E-state index is -1.61. The quantitative estimate of drug-likeness (QED) is 0.552. The molecule has 1 atom stereocenters. The Morgan fingerprint density at radius 3 is 2.09 bits per heavy atom. The molecular formula is C7H9Cl2PRu. The van der Waals surface area contributed by atoms with E-state index in [9.17, 15) is 0 Å². The van der Waals surface area contributed by atoms with Gasteiger partial charge in [-0.25, -0.2) is 0 Å². The molecule has 0 radical (unpaired) electrons. The zero-order valence-electron chi connectivity index (χ0n) is 5.78. The van der Waals surface area contributed by atoms with Gasteiger partial charge < -0.3 is 0 Å². The van der Waals surface area contributed by atoms with E-state index in [0.717, 1.165) is 5.56 Å². The molecule has 0 bridgehead atoms. The van der Waals surface area contributed by atoms with Crippen molar-refractivity contribution < 1.29 is 13.5 Å². The van der Waals surface area contributed by atoms with Gasteiger partial charge in [0, 0.05) is 0 Å². The maximum absolute atomic E-state index is 5.67. The van der Waals surface area contributed by atoms with Crippen LogP contribution >= 0.6 is 29.3 Å². The van der Waals surface area contributed by atoms with Crippen LogP contribution in [0.2, 0.25) is 0 Å². The van der Waals surface area contributed by atoms with Gasteiger partial charge in [-0.05, 0) is 0 Å². The Bertz CT molecular complexity index is 231. The van der Waals surface area contributed by atoms with Gasteiger partial charge in [0.15, 0.2) is 0 Å². The van der Waals surface area contributed by atoms with E-state index in [2.05, 4.69) is 0 Å². The van der Waals surface area contributed by atoms with Crippen molar-refractivity contribution in [2.75, 3.05) is 0 Å². The van der Waals surface area contributed by atoms with Gasteiger partial charge in [-0.15, -0.1) is 0 Å². The van der Waals surface area contributed by atoms with E-state index in [4.69, 9.17) is 19.4 Å². The molecule has 0 fully saturated rings. The van der Waals surface area contributed by atoms with Crippen LogP contribution in [0.1, 0.15) is 5.56 Å². The molecule has 0 amide bonds. The predicted molar refractivity (Wildman–Crippen MR) is 54.4 cm³/mol. The molecular weight excluding hydrogens is 287 g/mol. The summed E-state index contributed by atoms with van der Waals surface area (Å²) in [5, 5.41) is 0. The number of halogens is 2. The second-order valence-corrected chi connectivity index (χ2v) is 7.44. The van der Waals surface area contributed by atoms with Crippen molar-refractivity contribution in [2.24, 2.45) is 0 Å². The average Bonchev–Trinajstić information content (AvgIpc) is 1.88. The van der Waals surface area contributed by atoms with E-state index in [1.165, 1.54) is 0 Å². The van der Waals surface area contributed by atoms with Gasteiger partial charge in [0.1, 0.15) is 0 Å². The number of rotatable bonds is 1. The third-order valence-electron chi connectivity index (χ3n) is 0.995. The van der Waals surface area contributed by atoms with Gasteiger partial charge >= 0.3 is 73.4 Å². The van der Waals surface area contributed by atoms with Crippen LogP contribution < -0.4 is 0 Å². The fourth-order valence-corrected chi connectivity index (χ4v) is 2.44. The van der Waals surface area contributed by atoms with E-state index >= 15 is 0 Å². The molecule has 1 unspecified atom stereocenters. The SMILES string of the molecule is P.[Cl][Ru]([Cl])=[CH]c1ccccc1. The molecule has 1 aromatic carbocycles. The molecule has 1 rings (SSSR count). The summed E-state index contributed by atoms with van der Waals surface area (Å²) < 4.78 is 1.92. The van der Waals surface area contributed by atoms with Crippen molar-refractivity contribution in [2.45, 2.75) is 0 Å². The first-order valence-electron chi connectivity index (χ1n) is 2.67. The Hall–Kier alpha value is 0.723. The van der Waals surface area contributed by atoms with Crippen LogP contribution in [-0.2, 0) is 13.5 Å². The summed E-state index contributed by atoms with van der Waals surface area (Å²) in [7, 11) is 11.3. The van der Waals surface area contributed by atoms with Crippen molar-refractivity contribution >= 4 is 33.9 Å². The van der Waals surface area contributed by atoms with Crippen LogP contribution in [0.15, 0.2) is 30.3 Å². The molecule has 11 heavy (non-hydrogen) atoms. The summed E-state index contributed by atoms with van der Waals surface area (Å²) in [5.74, 6) is 0. The molecule has 0 aliphatic rings. The molecule has 0 aliphatic carbocycles. The molecule has 0 heterocycles. The van der Waals surface area contributed by atoms with Crippen LogP contribution in [0.3, 0.4) is 0 Å². The molecule has 64 valence electrons. The zero-order valence-corrected chi connectivity index (χ0v) is 10.4. The molecule has 4 heteroatoms. The Balaban J connectivity index is 0.000001000. The Morgan fingerprint density at radius 1 is 1.09 bits per heavy atom. The fraction of sp³-hybridized carbons (Fsp3) is 0. The van der Waals surface area contributed by atoms with Crippen LogP contribution in [0.5, 0.6) is 0 Å². The van der Waals surface area contributed by atoms with E-state index in [1.54, 1.807) is 0 Å². The second kappa shape index (κ2) is 6.26. The minimum absolute atomic E-state index is 0. The topological polar surface area (TPSA) is 0 Å². The van der Waals surface area contributed by atoms with Crippen LogP contribution in [0.4, 0.5) is 0 Å². The predicted octanol–water partition coefficient (Wildman–Crippen LogP) is 2.82. The van der Waals surface area contributed by atoms with Crippen molar-refractivity contribution in [1.82, 2.24) is 0 Å². The average molecular weight is 296 g/mol. The Kier molecular flexibility index (Phi) is 6.67.